The van der Waals surface area contributed by atoms with Crippen molar-refractivity contribution < 1.29 is 10.4 Å². The lowest BCUT2D eigenvalue weighted by Crippen LogP contribution is -1.99. The molecular formula is C25H29I3N6O3. The van der Waals surface area contributed by atoms with Crippen molar-refractivity contribution in [1.82, 2.24) is 20.3 Å². The summed E-state index contributed by atoms with van der Waals surface area (Å²) in [7, 11) is 0. The summed E-state index contributed by atoms with van der Waals surface area (Å²) in [5.41, 5.74) is 20.0. The Balaban J connectivity index is 0.000000238. The molecule has 9 nitrogen and oxygen atoms in total. The van der Waals surface area contributed by atoms with Gasteiger partial charge in [-0.2, -0.15) is 0 Å². The number of nitrogens with zero attached hydrogens (tertiary/aromatic N) is 2. The third-order valence-corrected chi connectivity index (χ3v) is 7.13. The first-order valence-electron chi connectivity index (χ1n) is 11.2. The predicted molar refractivity (Wildman–Crippen MR) is 176 cm³/mol. The molecule has 0 atom stereocenters. The monoisotopic (exact) mass is 843 g/mol. The molecule has 3 heterocycles. The number of imidazole rings is 1. The van der Waals surface area contributed by atoms with E-state index in [2.05, 4.69) is 65.5 Å². The molecule has 0 aliphatic rings. The van der Waals surface area contributed by atoms with E-state index in [1.165, 1.54) is 0 Å². The molecule has 198 valence electrons. The number of nitrogens with two attached hydrogens (primary N) is 2. The van der Waals surface area contributed by atoms with Gasteiger partial charge in [-0.3, -0.25) is 0 Å². The minimum absolute atomic E-state index is 0. The number of aryl methyl sites for hydroxylation is 4. The van der Waals surface area contributed by atoms with Crippen molar-refractivity contribution >= 4 is 90.2 Å². The number of H-pyrrole nitrogens is 2. The Labute approximate surface area is 257 Å². The van der Waals surface area contributed by atoms with Gasteiger partial charge in [0.05, 0.1) is 33.8 Å². The van der Waals surface area contributed by atoms with Gasteiger partial charge in [0, 0.05) is 19.6 Å². The number of anilines is 2. The first-order chi connectivity index (χ1) is 17.5. The van der Waals surface area contributed by atoms with E-state index < -0.39 is 0 Å². The Hall–Kier alpha value is -2.08. The van der Waals surface area contributed by atoms with Gasteiger partial charge in [0.2, 0.25) is 0 Å². The number of benzene rings is 2. The Bertz CT molecular complexity index is 1540. The number of alkyl halides is 1. The Kier molecular flexibility index (Phi) is 10.5. The third-order valence-electron chi connectivity index (χ3n) is 5.38. The minimum Gasteiger partial charge on any atom is -0.397 e. The van der Waals surface area contributed by atoms with Crippen molar-refractivity contribution in [2.45, 2.75) is 35.1 Å². The minimum atomic E-state index is -0.196. The number of aromatic nitrogens is 4. The molecular weight excluding hydrogens is 813 g/mol. The molecule has 0 spiro atoms. The van der Waals surface area contributed by atoms with E-state index in [1.807, 2.05) is 74.6 Å². The summed E-state index contributed by atoms with van der Waals surface area (Å²) < 4.78 is 18.4. The van der Waals surface area contributed by atoms with Crippen LogP contribution in [0.4, 0.5) is 11.4 Å². The highest BCUT2D eigenvalue weighted by Gasteiger charge is 2.15. The average Bonchev–Trinajstić information content (AvgIpc) is 3.48. The van der Waals surface area contributed by atoms with E-state index >= 15 is 0 Å². The van der Waals surface area contributed by atoms with Crippen molar-refractivity contribution in [1.29, 1.82) is 0 Å². The van der Waals surface area contributed by atoms with Crippen molar-refractivity contribution in [2.24, 2.45) is 0 Å². The second-order valence-corrected chi connectivity index (χ2v) is 10.1. The smallest absolute Gasteiger partial charge is 0.323 e. The molecule has 5 rings (SSSR count). The van der Waals surface area contributed by atoms with Gasteiger partial charge in [-0.05, 0) is 113 Å². The maximum atomic E-state index is 11.3. The van der Waals surface area contributed by atoms with Crippen LogP contribution in [0.1, 0.15) is 31.7 Å². The first-order valence-corrected chi connectivity index (χ1v) is 14.1. The molecule has 0 unspecified atom stereocenters. The predicted octanol–water partition coefficient (Wildman–Crippen LogP) is 7.15. The van der Waals surface area contributed by atoms with Gasteiger partial charge in [0.25, 0.3) is 0 Å². The van der Waals surface area contributed by atoms with Crippen LogP contribution in [0.3, 0.4) is 0 Å². The SMILES string of the molecule is C.Cc1noc(C)c1-c1cc(I)c2[nH]c(=O)[nH]c2c1.Cc1noc(C)c1-c1cc(N)c(N)c(I)c1.[2H]CI. The van der Waals surface area contributed by atoms with Crippen molar-refractivity contribution in [2.75, 3.05) is 16.4 Å². The first kappa shape index (κ1) is 29.5. The van der Waals surface area contributed by atoms with Crippen molar-refractivity contribution in [3.8, 4) is 22.3 Å². The highest BCUT2D eigenvalue weighted by Crippen LogP contribution is 2.33. The molecule has 5 aromatic rings. The van der Waals surface area contributed by atoms with E-state index in [9.17, 15) is 4.79 Å². The van der Waals surface area contributed by atoms with Gasteiger partial charge >= 0.3 is 5.69 Å². The Morgan fingerprint density at radius 2 is 1.35 bits per heavy atom. The maximum Gasteiger partial charge on any atom is 0.323 e. The van der Waals surface area contributed by atoms with Gasteiger partial charge in [0.15, 0.2) is 0 Å². The molecule has 0 amide bonds. The van der Waals surface area contributed by atoms with E-state index in [0.717, 1.165) is 63.3 Å². The van der Waals surface area contributed by atoms with E-state index in [-0.39, 0.29) is 13.1 Å². The quantitative estimate of drug-likeness (QED) is 0.0838. The molecule has 12 heteroatoms. The average molecular weight is 843 g/mol. The fourth-order valence-electron chi connectivity index (χ4n) is 3.82. The van der Waals surface area contributed by atoms with Gasteiger partial charge in [0.1, 0.15) is 11.5 Å². The number of hydrogen-bond acceptors (Lipinski definition) is 7. The zero-order valence-corrected chi connectivity index (χ0v) is 26.4. The lowest BCUT2D eigenvalue weighted by Gasteiger charge is -2.07. The maximum absolute atomic E-state index is 11.3. The van der Waals surface area contributed by atoms with E-state index in [1.54, 1.807) is 0 Å². The number of halogens is 3. The standard InChI is InChI=1S/C12H10IN3O2.C11H12IN3O.CH3I.CH4/c1-5-10(6(2)18-16-5)7-3-8(13)11-9(4-7)14-12(17)15-11;1-5-10(6(2)16-15-5)7-3-8(12)11(14)9(13)4-7;1-2;/h3-4H,1-2H3,(H2,14,15,17);3-4H,13-14H2,1-2H3;1H3;1H4/i;;1D;. The lowest BCUT2D eigenvalue weighted by molar-refractivity contribution is 0.393. The summed E-state index contributed by atoms with van der Waals surface area (Å²) in [6.07, 6.45) is 0. The molecule has 0 aliphatic carbocycles. The largest absolute Gasteiger partial charge is 0.397 e. The molecule has 0 saturated carbocycles. The van der Waals surface area contributed by atoms with Crippen LogP contribution in [0.2, 0.25) is 0 Å². The Morgan fingerprint density at radius 3 is 1.81 bits per heavy atom. The van der Waals surface area contributed by atoms with E-state index in [4.69, 9.17) is 21.9 Å². The molecule has 0 bridgehead atoms. The summed E-state index contributed by atoms with van der Waals surface area (Å²) in [5.74, 6) is 1.57. The molecule has 37 heavy (non-hydrogen) atoms. The molecule has 0 fully saturated rings. The molecule has 2 aromatic carbocycles. The van der Waals surface area contributed by atoms with Crippen LogP contribution in [0.15, 0.2) is 38.1 Å². The van der Waals surface area contributed by atoms with E-state index in [0.29, 0.717) is 16.3 Å². The normalized spacial score (nSPS) is 10.6. The van der Waals surface area contributed by atoms with Crippen LogP contribution < -0.4 is 17.2 Å². The zero-order valence-electron chi connectivity index (χ0n) is 20.9. The highest BCUT2D eigenvalue weighted by atomic mass is 127. The topological polar surface area (TPSA) is 153 Å². The van der Waals surface area contributed by atoms with Crippen molar-refractivity contribution in [3.05, 3.63) is 64.8 Å². The molecule has 0 aliphatic heterocycles. The summed E-state index contributed by atoms with van der Waals surface area (Å²) >= 11 is 6.33. The zero-order chi connectivity index (χ0) is 27.4. The van der Waals surface area contributed by atoms with Crippen LogP contribution in [-0.2, 0) is 0 Å². The second-order valence-electron chi connectivity index (χ2n) is 7.82. The van der Waals surface area contributed by atoms with Gasteiger partial charge in [-0.15, -0.1) is 0 Å². The molecule has 0 radical (unpaired) electrons. The van der Waals surface area contributed by atoms with Crippen LogP contribution in [0.25, 0.3) is 33.3 Å². The van der Waals surface area contributed by atoms with Crippen molar-refractivity contribution in [3.63, 3.8) is 0 Å². The highest BCUT2D eigenvalue weighted by molar-refractivity contribution is 14.1. The fraction of sp³-hybridized carbons (Fsp3) is 0.240. The number of hydrogen-bond donors (Lipinski definition) is 4. The third kappa shape index (κ3) is 6.68. The van der Waals surface area contributed by atoms with Crippen LogP contribution >= 0.6 is 67.8 Å². The number of fused-ring (bicyclic) bond motifs is 1. The lowest BCUT2D eigenvalue weighted by atomic mass is 10.0. The summed E-state index contributed by atoms with van der Waals surface area (Å²) in [4.78, 5) is 17.3. The van der Waals surface area contributed by atoms with Gasteiger partial charge in [-0.25, -0.2) is 4.79 Å². The van der Waals surface area contributed by atoms with Crippen LogP contribution in [0, 0.1) is 34.8 Å². The van der Waals surface area contributed by atoms with Gasteiger partial charge in [-0.1, -0.05) is 40.3 Å². The summed E-state index contributed by atoms with van der Waals surface area (Å²) in [6.45, 7) is 7.58. The molecule has 6 N–H and O–H groups in total. The summed E-state index contributed by atoms with van der Waals surface area (Å²) in [5, 5.41) is 7.88. The van der Waals surface area contributed by atoms with Gasteiger partial charge < -0.3 is 30.5 Å². The Morgan fingerprint density at radius 1 is 0.865 bits per heavy atom. The van der Waals surface area contributed by atoms with Crippen LogP contribution in [-0.4, -0.2) is 25.2 Å². The molecule has 3 aromatic heterocycles. The molecule has 0 saturated heterocycles. The number of nitrogens with one attached hydrogen (secondary N) is 2. The second kappa shape index (κ2) is 13.1. The van der Waals surface area contributed by atoms with Crippen LogP contribution in [0.5, 0.6) is 0 Å². The fourth-order valence-corrected chi connectivity index (χ4v) is 5.23. The number of nitrogen functional groups attached to an aromatic ring is 2. The summed E-state index contributed by atoms with van der Waals surface area (Å²) in [6, 6.07) is 7.78. The number of aromatic amines is 2. The number of rotatable bonds is 2.